The average molecular weight is 285 g/mol. The van der Waals surface area contributed by atoms with Gasteiger partial charge in [-0.15, -0.1) is 0 Å². The summed E-state index contributed by atoms with van der Waals surface area (Å²) in [6, 6.07) is 10.7. The normalized spacial score (nSPS) is 21.8. The average Bonchev–Trinajstić information content (AvgIpc) is 2.91. The van der Waals surface area contributed by atoms with E-state index in [1.807, 2.05) is 5.01 Å². The molecule has 0 radical (unpaired) electrons. The predicted octanol–water partition coefficient (Wildman–Crippen LogP) is 3.85. The van der Waals surface area contributed by atoms with Crippen LogP contribution in [0.25, 0.3) is 0 Å². The summed E-state index contributed by atoms with van der Waals surface area (Å²) in [5.74, 6) is -0.223. The van der Waals surface area contributed by atoms with Crippen LogP contribution in [0.15, 0.2) is 48.2 Å². The molecule has 2 heterocycles. The number of hydrazine groups is 1. The molecule has 1 aliphatic heterocycles. The third-order valence-electron chi connectivity index (χ3n) is 4.00. The van der Waals surface area contributed by atoms with E-state index in [2.05, 4.69) is 55.9 Å². The number of anilines is 1. The lowest BCUT2D eigenvalue weighted by atomic mass is 10.2. The highest BCUT2D eigenvalue weighted by molar-refractivity contribution is 5.53. The zero-order valence-corrected chi connectivity index (χ0v) is 12.8. The fourth-order valence-corrected chi connectivity index (χ4v) is 3.19. The number of rotatable bonds is 2. The van der Waals surface area contributed by atoms with Gasteiger partial charge in [-0.3, -0.25) is 5.01 Å². The van der Waals surface area contributed by atoms with E-state index in [1.165, 1.54) is 23.5 Å². The molecule has 110 valence electrons. The Hall–Kier alpha value is -2.07. The molecule has 2 aromatic rings. The molecule has 0 spiro atoms. The number of halogens is 1. The van der Waals surface area contributed by atoms with Gasteiger partial charge in [-0.25, -0.2) is 9.82 Å². The Morgan fingerprint density at radius 1 is 0.952 bits per heavy atom. The summed E-state index contributed by atoms with van der Waals surface area (Å²) in [6.07, 6.45) is 2.19. The van der Waals surface area contributed by atoms with Crippen LogP contribution in [0.4, 0.5) is 10.1 Å². The number of nitrogens with zero attached hydrogens (tertiary/aromatic N) is 2. The highest BCUT2D eigenvalue weighted by Crippen LogP contribution is 2.32. The maximum absolute atomic E-state index is 13.1. The first-order chi connectivity index (χ1) is 9.90. The van der Waals surface area contributed by atoms with Crippen LogP contribution < -0.4 is 10.4 Å². The van der Waals surface area contributed by atoms with E-state index >= 15 is 0 Å². The predicted molar refractivity (Wildman–Crippen MR) is 83.3 cm³/mol. The van der Waals surface area contributed by atoms with E-state index < -0.39 is 0 Å². The largest absolute Gasteiger partial charge is 0.326 e. The third kappa shape index (κ3) is 2.25. The Bertz CT molecular complexity index is 680. The number of hydrogen-bond acceptors (Lipinski definition) is 2. The van der Waals surface area contributed by atoms with Crippen molar-refractivity contribution in [2.45, 2.75) is 33.4 Å². The molecule has 1 N–H and O–H groups in total. The second-order valence-corrected chi connectivity index (χ2v) is 5.81. The van der Waals surface area contributed by atoms with Crippen molar-refractivity contribution < 1.29 is 4.39 Å². The molecule has 3 rings (SSSR count). The van der Waals surface area contributed by atoms with Crippen LogP contribution in [0.3, 0.4) is 0 Å². The second-order valence-electron chi connectivity index (χ2n) is 5.81. The minimum Gasteiger partial charge on any atom is -0.326 e. The molecule has 0 aliphatic carbocycles. The van der Waals surface area contributed by atoms with Crippen molar-refractivity contribution in [3.8, 4) is 0 Å². The van der Waals surface area contributed by atoms with E-state index in [0.717, 1.165) is 11.4 Å². The molecule has 1 aromatic carbocycles. The van der Waals surface area contributed by atoms with Crippen molar-refractivity contribution in [1.29, 1.82) is 0 Å². The zero-order valence-electron chi connectivity index (χ0n) is 12.8. The van der Waals surface area contributed by atoms with Crippen molar-refractivity contribution in [2.75, 3.05) is 5.01 Å². The Kier molecular flexibility index (Phi) is 3.14. The smallest absolute Gasteiger partial charge is 0.130 e. The standard InChI is InChI=1S/C17H20FN3/c1-12-5-6-13(2)20(12)17(4)11-14(3)21(19-17)16-9-7-15(18)8-10-16/h5-11,19H,1-4H3. The summed E-state index contributed by atoms with van der Waals surface area (Å²) in [5, 5.41) is 2.00. The van der Waals surface area contributed by atoms with Crippen molar-refractivity contribution in [3.05, 3.63) is 65.4 Å². The lowest BCUT2D eigenvalue weighted by molar-refractivity contribution is 0.332. The first kappa shape index (κ1) is 13.9. The minimum absolute atomic E-state index is 0.223. The van der Waals surface area contributed by atoms with Gasteiger partial charge in [0.25, 0.3) is 0 Å². The van der Waals surface area contributed by atoms with E-state index in [1.54, 1.807) is 12.1 Å². The molecule has 1 aliphatic rings. The van der Waals surface area contributed by atoms with Crippen molar-refractivity contribution in [2.24, 2.45) is 0 Å². The number of nitrogens with one attached hydrogen (secondary N) is 1. The monoisotopic (exact) mass is 285 g/mol. The molecule has 0 fully saturated rings. The fourth-order valence-electron chi connectivity index (χ4n) is 3.19. The number of benzene rings is 1. The van der Waals surface area contributed by atoms with Gasteiger partial charge in [-0.2, -0.15) is 0 Å². The van der Waals surface area contributed by atoms with Crippen LogP contribution >= 0.6 is 0 Å². The lowest BCUT2D eigenvalue weighted by Gasteiger charge is -2.32. The fraction of sp³-hybridized carbons (Fsp3) is 0.294. The third-order valence-corrected chi connectivity index (χ3v) is 4.00. The summed E-state index contributed by atoms with van der Waals surface area (Å²) in [5.41, 5.74) is 7.62. The van der Waals surface area contributed by atoms with Crippen LogP contribution in [-0.2, 0) is 5.66 Å². The summed E-state index contributed by atoms with van der Waals surface area (Å²) in [7, 11) is 0. The molecule has 0 saturated heterocycles. The van der Waals surface area contributed by atoms with Gasteiger partial charge in [0, 0.05) is 17.1 Å². The van der Waals surface area contributed by atoms with Crippen molar-refractivity contribution >= 4 is 5.69 Å². The van der Waals surface area contributed by atoms with Gasteiger partial charge in [0.05, 0.1) is 5.69 Å². The van der Waals surface area contributed by atoms with E-state index in [4.69, 9.17) is 0 Å². The Morgan fingerprint density at radius 3 is 2.10 bits per heavy atom. The number of aryl methyl sites for hydroxylation is 2. The van der Waals surface area contributed by atoms with Crippen molar-refractivity contribution in [3.63, 3.8) is 0 Å². The van der Waals surface area contributed by atoms with E-state index in [9.17, 15) is 4.39 Å². The number of aromatic nitrogens is 1. The van der Waals surface area contributed by atoms with Gasteiger partial charge in [-0.1, -0.05) is 0 Å². The second kappa shape index (κ2) is 4.74. The molecule has 1 unspecified atom stereocenters. The Morgan fingerprint density at radius 2 is 1.52 bits per heavy atom. The molecule has 0 saturated carbocycles. The van der Waals surface area contributed by atoms with Crippen molar-refractivity contribution in [1.82, 2.24) is 9.99 Å². The SMILES string of the molecule is CC1=CC(C)(n2c(C)ccc2C)NN1c1ccc(F)cc1. The zero-order chi connectivity index (χ0) is 15.2. The molecule has 1 atom stereocenters. The molecule has 0 amide bonds. The van der Waals surface area contributed by atoms with Gasteiger partial charge in [0.1, 0.15) is 11.5 Å². The molecule has 4 heteroatoms. The van der Waals surface area contributed by atoms with Crippen LogP contribution in [0, 0.1) is 19.7 Å². The van der Waals surface area contributed by atoms with Gasteiger partial charge < -0.3 is 4.57 Å². The first-order valence-electron chi connectivity index (χ1n) is 7.09. The summed E-state index contributed by atoms with van der Waals surface area (Å²) >= 11 is 0. The number of allylic oxidation sites excluding steroid dienone is 1. The highest BCUT2D eigenvalue weighted by Gasteiger charge is 2.34. The number of hydrogen-bond donors (Lipinski definition) is 1. The summed E-state index contributed by atoms with van der Waals surface area (Å²) < 4.78 is 15.4. The summed E-state index contributed by atoms with van der Waals surface area (Å²) in [6.45, 7) is 8.39. The maximum atomic E-state index is 13.1. The maximum Gasteiger partial charge on any atom is 0.130 e. The Labute approximate surface area is 124 Å². The van der Waals surface area contributed by atoms with Crippen LogP contribution in [-0.4, -0.2) is 4.57 Å². The van der Waals surface area contributed by atoms with Crippen LogP contribution in [0.5, 0.6) is 0 Å². The molecule has 21 heavy (non-hydrogen) atoms. The minimum atomic E-state index is -0.323. The summed E-state index contributed by atoms with van der Waals surface area (Å²) in [4.78, 5) is 0. The van der Waals surface area contributed by atoms with E-state index in [-0.39, 0.29) is 11.5 Å². The molecule has 1 aromatic heterocycles. The van der Waals surface area contributed by atoms with E-state index in [0.29, 0.717) is 0 Å². The van der Waals surface area contributed by atoms with Gasteiger partial charge in [0.2, 0.25) is 0 Å². The lowest BCUT2D eigenvalue weighted by Crippen LogP contribution is -2.47. The Balaban J connectivity index is 1.98. The first-order valence-corrected chi connectivity index (χ1v) is 7.09. The van der Waals surface area contributed by atoms with Crippen LogP contribution in [0.2, 0.25) is 0 Å². The topological polar surface area (TPSA) is 20.2 Å². The van der Waals surface area contributed by atoms with Gasteiger partial charge >= 0.3 is 0 Å². The van der Waals surface area contributed by atoms with Gasteiger partial charge in [-0.05, 0) is 70.2 Å². The molecular formula is C17H20FN3. The molecular weight excluding hydrogens is 265 g/mol. The van der Waals surface area contributed by atoms with Gasteiger partial charge in [0.15, 0.2) is 0 Å². The highest BCUT2D eigenvalue weighted by atomic mass is 19.1. The quantitative estimate of drug-likeness (QED) is 0.904. The molecule has 3 nitrogen and oxygen atoms in total. The molecule has 0 bridgehead atoms. The van der Waals surface area contributed by atoms with Crippen LogP contribution in [0.1, 0.15) is 25.2 Å².